The highest BCUT2D eigenvalue weighted by Gasteiger charge is 2.20. The van der Waals surface area contributed by atoms with Crippen LogP contribution in [-0.4, -0.2) is 25.0 Å². The Bertz CT molecular complexity index is 464. The van der Waals surface area contributed by atoms with Crippen LogP contribution in [0.25, 0.3) is 0 Å². The summed E-state index contributed by atoms with van der Waals surface area (Å²) in [5.41, 5.74) is 0.416. The highest BCUT2D eigenvalue weighted by Crippen LogP contribution is 2.27. The van der Waals surface area contributed by atoms with Crippen molar-refractivity contribution in [2.24, 2.45) is 0 Å². The molecule has 1 aliphatic rings. The SMILES string of the molecule is O=C(NC1CCC1)c1ccc(Br)c(OCC(F)F)c1. The van der Waals surface area contributed by atoms with Crippen LogP contribution in [0.15, 0.2) is 22.7 Å². The van der Waals surface area contributed by atoms with Gasteiger partial charge in [-0.15, -0.1) is 0 Å². The molecule has 0 bridgehead atoms. The minimum atomic E-state index is -2.54. The highest BCUT2D eigenvalue weighted by atomic mass is 79.9. The number of alkyl halides is 2. The molecule has 1 aromatic carbocycles. The third-order valence-electron chi connectivity index (χ3n) is 3.00. The lowest BCUT2D eigenvalue weighted by Gasteiger charge is -2.26. The van der Waals surface area contributed by atoms with E-state index < -0.39 is 13.0 Å². The lowest BCUT2D eigenvalue weighted by molar-refractivity contribution is 0.0814. The van der Waals surface area contributed by atoms with Crippen molar-refractivity contribution in [1.82, 2.24) is 5.32 Å². The monoisotopic (exact) mass is 333 g/mol. The zero-order valence-corrected chi connectivity index (χ0v) is 11.8. The molecule has 0 atom stereocenters. The van der Waals surface area contributed by atoms with Gasteiger partial charge in [0.15, 0.2) is 0 Å². The fourth-order valence-corrected chi connectivity index (χ4v) is 2.09. The summed E-state index contributed by atoms with van der Waals surface area (Å²) in [7, 11) is 0. The predicted molar refractivity (Wildman–Crippen MR) is 70.7 cm³/mol. The normalized spacial score (nSPS) is 15.2. The Hall–Kier alpha value is -1.17. The van der Waals surface area contributed by atoms with E-state index in [4.69, 9.17) is 4.74 Å². The summed E-state index contributed by atoms with van der Waals surface area (Å²) in [4.78, 5) is 11.9. The number of halogens is 3. The van der Waals surface area contributed by atoms with Gasteiger partial charge in [-0.1, -0.05) is 0 Å². The van der Waals surface area contributed by atoms with Gasteiger partial charge in [0.05, 0.1) is 4.47 Å². The lowest BCUT2D eigenvalue weighted by atomic mass is 9.93. The summed E-state index contributed by atoms with van der Waals surface area (Å²) in [5.74, 6) is 0.0562. The molecule has 6 heteroatoms. The zero-order valence-electron chi connectivity index (χ0n) is 10.2. The van der Waals surface area contributed by atoms with Gasteiger partial charge in [0.1, 0.15) is 12.4 Å². The molecule has 19 heavy (non-hydrogen) atoms. The fraction of sp³-hybridized carbons (Fsp3) is 0.462. The second-order valence-electron chi connectivity index (χ2n) is 4.45. The van der Waals surface area contributed by atoms with Crippen molar-refractivity contribution in [3.63, 3.8) is 0 Å². The van der Waals surface area contributed by atoms with Crippen LogP contribution in [0.2, 0.25) is 0 Å². The lowest BCUT2D eigenvalue weighted by Crippen LogP contribution is -2.39. The summed E-state index contributed by atoms with van der Waals surface area (Å²) < 4.78 is 29.7. The highest BCUT2D eigenvalue weighted by molar-refractivity contribution is 9.10. The van der Waals surface area contributed by atoms with Crippen molar-refractivity contribution in [2.75, 3.05) is 6.61 Å². The summed E-state index contributed by atoms with van der Waals surface area (Å²) in [6.45, 7) is -0.688. The first-order chi connectivity index (χ1) is 9.06. The van der Waals surface area contributed by atoms with Crippen molar-refractivity contribution in [1.29, 1.82) is 0 Å². The Kier molecular flexibility index (Phi) is 4.74. The molecule has 2 rings (SSSR count). The molecule has 1 aromatic rings. The largest absolute Gasteiger partial charge is 0.486 e. The van der Waals surface area contributed by atoms with Crippen LogP contribution < -0.4 is 10.1 Å². The molecule has 0 radical (unpaired) electrons. The smallest absolute Gasteiger partial charge is 0.272 e. The Morgan fingerprint density at radius 3 is 2.79 bits per heavy atom. The van der Waals surface area contributed by atoms with Gasteiger partial charge in [0.2, 0.25) is 0 Å². The molecule has 1 saturated carbocycles. The summed E-state index contributed by atoms with van der Waals surface area (Å²) in [6, 6.07) is 4.96. The quantitative estimate of drug-likeness (QED) is 0.897. The molecule has 0 heterocycles. The first-order valence-electron chi connectivity index (χ1n) is 6.07. The number of hydrogen-bond donors (Lipinski definition) is 1. The van der Waals surface area contributed by atoms with Crippen LogP contribution in [0, 0.1) is 0 Å². The average Bonchev–Trinajstić information content (AvgIpc) is 2.32. The van der Waals surface area contributed by atoms with E-state index in [1.165, 1.54) is 6.07 Å². The van der Waals surface area contributed by atoms with E-state index in [9.17, 15) is 13.6 Å². The van der Waals surface area contributed by atoms with Gasteiger partial charge in [0, 0.05) is 11.6 Å². The van der Waals surface area contributed by atoms with Crippen molar-refractivity contribution >= 4 is 21.8 Å². The van der Waals surface area contributed by atoms with E-state index in [-0.39, 0.29) is 17.7 Å². The fourth-order valence-electron chi connectivity index (χ4n) is 1.73. The molecular weight excluding hydrogens is 320 g/mol. The number of nitrogens with one attached hydrogen (secondary N) is 1. The molecule has 1 N–H and O–H groups in total. The van der Waals surface area contributed by atoms with Crippen LogP contribution in [0.3, 0.4) is 0 Å². The van der Waals surface area contributed by atoms with Crippen LogP contribution >= 0.6 is 15.9 Å². The molecule has 0 saturated heterocycles. The second-order valence-corrected chi connectivity index (χ2v) is 5.30. The van der Waals surface area contributed by atoms with Gasteiger partial charge in [-0.05, 0) is 53.4 Å². The first kappa shape index (κ1) is 14.2. The van der Waals surface area contributed by atoms with Crippen LogP contribution in [0.4, 0.5) is 8.78 Å². The van der Waals surface area contributed by atoms with E-state index in [0.29, 0.717) is 10.0 Å². The first-order valence-corrected chi connectivity index (χ1v) is 6.87. The minimum Gasteiger partial charge on any atom is -0.486 e. The Morgan fingerprint density at radius 1 is 1.47 bits per heavy atom. The molecule has 0 unspecified atom stereocenters. The molecular formula is C13H14BrF2NO2. The van der Waals surface area contributed by atoms with E-state index in [1.807, 2.05) is 0 Å². The molecule has 3 nitrogen and oxygen atoms in total. The summed E-state index contributed by atoms with van der Waals surface area (Å²) >= 11 is 3.20. The number of ether oxygens (including phenoxy) is 1. The number of benzene rings is 1. The molecule has 0 aliphatic heterocycles. The number of carbonyl (C=O) groups excluding carboxylic acids is 1. The molecule has 1 amide bonds. The van der Waals surface area contributed by atoms with Gasteiger partial charge in [0.25, 0.3) is 12.3 Å². The molecule has 0 aromatic heterocycles. The van der Waals surface area contributed by atoms with E-state index in [2.05, 4.69) is 21.2 Å². The molecule has 1 fully saturated rings. The molecule has 0 spiro atoms. The van der Waals surface area contributed by atoms with Gasteiger partial charge >= 0.3 is 0 Å². The van der Waals surface area contributed by atoms with Crippen LogP contribution in [0.1, 0.15) is 29.6 Å². The van der Waals surface area contributed by atoms with Crippen molar-refractivity contribution in [2.45, 2.75) is 31.7 Å². The Labute approximate surface area is 118 Å². The summed E-state index contributed by atoms with van der Waals surface area (Å²) in [5, 5.41) is 2.89. The van der Waals surface area contributed by atoms with Gasteiger partial charge in [-0.3, -0.25) is 4.79 Å². The van der Waals surface area contributed by atoms with E-state index in [1.54, 1.807) is 12.1 Å². The maximum atomic E-state index is 12.1. The van der Waals surface area contributed by atoms with Gasteiger partial charge in [-0.2, -0.15) is 0 Å². The minimum absolute atomic E-state index is 0.195. The van der Waals surface area contributed by atoms with E-state index in [0.717, 1.165) is 19.3 Å². The number of carbonyl (C=O) groups is 1. The predicted octanol–water partition coefficient (Wildman–Crippen LogP) is 3.38. The zero-order chi connectivity index (χ0) is 13.8. The van der Waals surface area contributed by atoms with Gasteiger partial charge in [-0.25, -0.2) is 8.78 Å². The molecule has 104 valence electrons. The van der Waals surface area contributed by atoms with Crippen molar-refractivity contribution < 1.29 is 18.3 Å². The maximum Gasteiger partial charge on any atom is 0.272 e. The molecule has 1 aliphatic carbocycles. The Balaban J connectivity index is 2.03. The number of hydrogen-bond acceptors (Lipinski definition) is 2. The van der Waals surface area contributed by atoms with Crippen molar-refractivity contribution in [3.05, 3.63) is 28.2 Å². The maximum absolute atomic E-state index is 12.1. The number of amides is 1. The van der Waals surface area contributed by atoms with Gasteiger partial charge < -0.3 is 10.1 Å². The third kappa shape index (κ3) is 3.89. The topological polar surface area (TPSA) is 38.3 Å². The average molecular weight is 334 g/mol. The standard InChI is InChI=1S/C13H14BrF2NO2/c14-10-5-4-8(6-11(10)19-7-12(15)16)13(18)17-9-2-1-3-9/h4-6,9,12H,1-3,7H2,(H,17,18). The Morgan fingerprint density at radius 2 is 2.21 bits per heavy atom. The van der Waals surface area contributed by atoms with Crippen LogP contribution in [0.5, 0.6) is 5.75 Å². The second kappa shape index (κ2) is 6.32. The number of rotatable bonds is 5. The van der Waals surface area contributed by atoms with Crippen molar-refractivity contribution in [3.8, 4) is 5.75 Å². The third-order valence-corrected chi connectivity index (χ3v) is 3.65. The van der Waals surface area contributed by atoms with Crippen LogP contribution in [-0.2, 0) is 0 Å². The summed E-state index contributed by atoms with van der Waals surface area (Å²) in [6.07, 6.45) is 0.585. The van der Waals surface area contributed by atoms with E-state index >= 15 is 0 Å².